The number of nitro benzene ring substituents is 1. The molecule has 0 bridgehead atoms. The Hall–Kier alpha value is -2.01. The number of carbonyl (C=O) groups excluding carboxylic acids is 2. The molecule has 0 aliphatic heterocycles. The zero-order valence-electron chi connectivity index (χ0n) is 9.55. The molecule has 94 valence electrons. The van der Waals surface area contributed by atoms with Crippen LogP contribution in [-0.4, -0.2) is 16.5 Å². The number of ketones is 2. The number of hydrogen-bond donors (Lipinski definition) is 0. The van der Waals surface area contributed by atoms with Crippen LogP contribution in [0.3, 0.4) is 0 Å². The lowest BCUT2D eigenvalue weighted by Gasteiger charge is -1.97. The van der Waals surface area contributed by atoms with Gasteiger partial charge in [-0.25, -0.2) is 0 Å². The third-order valence-electron chi connectivity index (χ3n) is 2.05. The van der Waals surface area contributed by atoms with E-state index in [0.717, 1.165) is 0 Å². The Labute approximate surface area is 108 Å². The number of hydrogen-bond acceptors (Lipinski definition) is 4. The summed E-state index contributed by atoms with van der Waals surface area (Å²) in [6.45, 7) is 1.32. The second-order valence-corrected chi connectivity index (χ2v) is 4.05. The molecule has 0 N–H and O–H groups in total. The highest BCUT2D eigenvalue weighted by atomic mass is 35.5. The standard InChI is InChI=1S/C12H10ClNO4/c1-8(15)6-10(16)4-2-9-3-5-11(13)12(7-9)14(17)18/h2-5,7H,6H2,1H3. The zero-order valence-corrected chi connectivity index (χ0v) is 10.3. The minimum Gasteiger partial charge on any atom is -0.300 e. The van der Waals surface area contributed by atoms with Gasteiger partial charge in [-0.2, -0.15) is 0 Å². The Morgan fingerprint density at radius 1 is 1.44 bits per heavy atom. The van der Waals surface area contributed by atoms with E-state index in [4.69, 9.17) is 11.6 Å². The molecule has 5 nitrogen and oxygen atoms in total. The van der Waals surface area contributed by atoms with Crippen LogP contribution in [0.1, 0.15) is 18.9 Å². The highest BCUT2D eigenvalue weighted by Gasteiger charge is 2.11. The van der Waals surface area contributed by atoms with Crippen molar-refractivity contribution in [3.63, 3.8) is 0 Å². The van der Waals surface area contributed by atoms with Crippen LogP contribution >= 0.6 is 11.6 Å². The number of nitrogens with zero attached hydrogens (tertiary/aromatic N) is 1. The Kier molecular flexibility index (Phi) is 4.74. The van der Waals surface area contributed by atoms with Gasteiger partial charge in [0, 0.05) is 6.07 Å². The molecule has 0 saturated heterocycles. The lowest BCUT2D eigenvalue weighted by Crippen LogP contribution is -2.00. The van der Waals surface area contributed by atoms with E-state index in [9.17, 15) is 19.7 Å². The molecule has 0 aliphatic rings. The second-order valence-electron chi connectivity index (χ2n) is 3.65. The maximum absolute atomic E-state index is 11.2. The predicted molar refractivity (Wildman–Crippen MR) is 67.4 cm³/mol. The van der Waals surface area contributed by atoms with Gasteiger partial charge in [-0.3, -0.25) is 19.7 Å². The number of carbonyl (C=O) groups is 2. The number of nitro groups is 1. The summed E-state index contributed by atoms with van der Waals surface area (Å²) >= 11 is 5.65. The van der Waals surface area contributed by atoms with E-state index in [1.165, 1.54) is 31.2 Å². The van der Waals surface area contributed by atoms with E-state index in [-0.39, 0.29) is 28.7 Å². The van der Waals surface area contributed by atoms with Crippen molar-refractivity contribution >= 4 is 34.9 Å². The summed E-state index contributed by atoms with van der Waals surface area (Å²) in [5.41, 5.74) is 0.251. The van der Waals surface area contributed by atoms with Crippen LogP contribution in [0.4, 0.5) is 5.69 Å². The topological polar surface area (TPSA) is 77.3 Å². The number of allylic oxidation sites excluding steroid dienone is 1. The average molecular weight is 268 g/mol. The van der Waals surface area contributed by atoms with E-state index in [0.29, 0.717) is 5.56 Å². The van der Waals surface area contributed by atoms with Gasteiger partial charge in [0.1, 0.15) is 10.8 Å². The fraction of sp³-hybridized carbons (Fsp3) is 0.167. The molecule has 1 aromatic carbocycles. The molecular weight excluding hydrogens is 258 g/mol. The van der Waals surface area contributed by atoms with Crippen molar-refractivity contribution in [3.8, 4) is 0 Å². The van der Waals surface area contributed by atoms with Crippen molar-refractivity contribution in [3.05, 3.63) is 45.0 Å². The Bertz CT molecular complexity index is 537. The molecule has 0 aliphatic carbocycles. The molecular formula is C12H10ClNO4. The third kappa shape index (κ3) is 4.10. The van der Waals surface area contributed by atoms with Gasteiger partial charge >= 0.3 is 0 Å². The minimum atomic E-state index is -0.600. The third-order valence-corrected chi connectivity index (χ3v) is 2.37. The van der Waals surface area contributed by atoms with Gasteiger partial charge in [-0.05, 0) is 24.6 Å². The summed E-state index contributed by atoms with van der Waals surface area (Å²) in [6.07, 6.45) is 2.45. The largest absolute Gasteiger partial charge is 0.300 e. The molecule has 0 saturated carbocycles. The Morgan fingerprint density at radius 2 is 2.11 bits per heavy atom. The van der Waals surface area contributed by atoms with Crippen LogP contribution in [0, 0.1) is 10.1 Å². The lowest BCUT2D eigenvalue weighted by molar-refractivity contribution is -0.384. The molecule has 0 amide bonds. The first-order valence-corrected chi connectivity index (χ1v) is 5.42. The first kappa shape index (κ1) is 14.1. The van der Waals surface area contributed by atoms with Crippen molar-refractivity contribution in [2.75, 3.05) is 0 Å². The van der Waals surface area contributed by atoms with E-state index in [1.807, 2.05) is 0 Å². The molecule has 1 rings (SSSR count). The van der Waals surface area contributed by atoms with Gasteiger partial charge in [0.15, 0.2) is 5.78 Å². The molecule has 0 spiro atoms. The summed E-state index contributed by atoms with van der Waals surface area (Å²) in [5, 5.41) is 10.7. The van der Waals surface area contributed by atoms with Crippen LogP contribution in [0.2, 0.25) is 5.02 Å². The minimum absolute atomic E-state index is 0.0345. The Balaban J connectivity index is 2.89. The number of benzene rings is 1. The summed E-state index contributed by atoms with van der Waals surface area (Å²) in [6, 6.07) is 4.20. The number of rotatable bonds is 5. The summed E-state index contributed by atoms with van der Waals surface area (Å²) < 4.78 is 0. The maximum Gasteiger partial charge on any atom is 0.288 e. The monoisotopic (exact) mass is 267 g/mol. The zero-order chi connectivity index (χ0) is 13.7. The average Bonchev–Trinajstić information content (AvgIpc) is 2.26. The van der Waals surface area contributed by atoms with E-state index < -0.39 is 4.92 Å². The fourth-order valence-corrected chi connectivity index (χ4v) is 1.45. The van der Waals surface area contributed by atoms with Crippen molar-refractivity contribution in [1.82, 2.24) is 0 Å². The molecule has 6 heteroatoms. The van der Waals surface area contributed by atoms with E-state index in [2.05, 4.69) is 0 Å². The van der Waals surface area contributed by atoms with Crippen LogP contribution < -0.4 is 0 Å². The normalized spacial score (nSPS) is 10.6. The van der Waals surface area contributed by atoms with Crippen molar-refractivity contribution in [2.24, 2.45) is 0 Å². The smallest absolute Gasteiger partial charge is 0.288 e. The van der Waals surface area contributed by atoms with Crippen LogP contribution in [0.25, 0.3) is 6.08 Å². The predicted octanol–water partition coefficient (Wildman–Crippen LogP) is 2.81. The molecule has 1 aromatic rings. The highest BCUT2D eigenvalue weighted by molar-refractivity contribution is 6.32. The molecule has 0 atom stereocenters. The van der Waals surface area contributed by atoms with Crippen LogP contribution in [0.5, 0.6) is 0 Å². The molecule has 0 unspecified atom stereocenters. The first-order chi connectivity index (χ1) is 8.40. The van der Waals surface area contributed by atoms with Gasteiger partial charge < -0.3 is 0 Å². The van der Waals surface area contributed by atoms with Gasteiger partial charge in [-0.1, -0.05) is 23.7 Å². The van der Waals surface area contributed by atoms with Crippen LogP contribution in [0.15, 0.2) is 24.3 Å². The summed E-state index contributed by atoms with van der Waals surface area (Å²) in [4.78, 5) is 32.0. The molecule has 0 fully saturated rings. The van der Waals surface area contributed by atoms with E-state index >= 15 is 0 Å². The quantitative estimate of drug-likeness (QED) is 0.356. The first-order valence-electron chi connectivity index (χ1n) is 5.04. The number of Topliss-reactive ketones (excluding diaryl/α,β-unsaturated/α-hetero) is 1. The van der Waals surface area contributed by atoms with Gasteiger partial charge in [0.05, 0.1) is 11.3 Å². The highest BCUT2D eigenvalue weighted by Crippen LogP contribution is 2.25. The number of halogens is 1. The van der Waals surface area contributed by atoms with Gasteiger partial charge in [0.2, 0.25) is 0 Å². The molecule has 0 radical (unpaired) electrons. The van der Waals surface area contributed by atoms with Gasteiger partial charge in [-0.15, -0.1) is 0 Å². The SMILES string of the molecule is CC(=O)CC(=O)C=Cc1ccc(Cl)c([N+](=O)[O-])c1. The molecule has 18 heavy (non-hydrogen) atoms. The molecule has 0 aromatic heterocycles. The fourth-order valence-electron chi connectivity index (χ4n) is 1.27. The van der Waals surface area contributed by atoms with Crippen molar-refractivity contribution < 1.29 is 14.5 Å². The maximum atomic E-state index is 11.2. The summed E-state index contributed by atoms with van der Waals surface area (Å²) in [7, 11) is 0. The second kappa shape index (κ2) is 6.07. The summed E-state index contributed by atoms with van der Waals surface area (Å²) in [5.74, 6) is -0.577. The molecule has 0 heterocycles. The van der Waals surface area contributed by atoms with Crippen molar-refractivity contribution in [2.45, 2.75) is 13.3 Å². The van der Waals surface area contributed by atoms with E-state index in [1.54, 1.807) is 6.07 Å². The lowest BCUT2D eigenvalue weighted by atomic mass is 10.1. The van der Waals surface area contributed by atoms with Crippen LogP contribution in [-0.2, 0) is 9.59 Å². The Morgan fingerprint density at radius 3 is 2.67 bits per heavy atom. The van der Waals surface area contributed by atoms with Crippen molar-refractivity contribution in [1.29, 1.82) is 0 Å². The van der Waals surface area contributed by atoms with Gasteiger partial charge in [0.25, 0.3) is 5.69 Å².